The van der Waals surface area contributed by atoms with Gasteiger partial charge in [0.1, 0.15) is 0 Å². The molecule has 2 aromatic carbocycles. The van der Waals surface area contributed by atoms with Crippen LogP contribution in [0.1, 0.15) is 22.3 Å². The van der Waals surface area contributed by atoms with Gasteiger partial charge in [-0.2, -0.15) is 0 Å². The van der Waals surface area contributed by atoms with Crippen LogP contribution in [0.5, 0.6) is 0 Å². The number of alkyl halides is 2. The minimum atomic E-state index is 0.592. The molecule has 0 radical (unpaired) electrons. The maximum atomic E-state index is 5.64. The molecule has 0 saturated heterocycles. The van der Waals surface area contributed by atoms with Crippen molar-refractivity contribution in [2.45, 2.75) is 24.1 Å². The number of allylic oxidation sites excluding steroid dienone is 2. The van der Waals surface area contributed by atoms with Crippen molar-refractivity contribution in [3.8, 4) is 0 Å². The second-order valence-electron chi connectivity index (χ2n) is 4.89. The summed E-state index contributed by atoms with van der Waals surface area (Å²) < 4.78 is 0. The molecule has 0 bridgehead atoms. The summed E-state index contributed by atoms with van der Waals surface area (Å²) in [6.45, 7) is 7.36. The summed E-state index contributed by atoms with van der Waals surface area (Å²) in [5, 5.41) is 0.932. The van der Waals surface area contributed by atoms with Gasteiger partial charge in [-0.15, -0.1) is 24.8 Å². The molecule has 0 nitrogen and oxygen atoms in total. The Morgan fingerprint density at radius 3 is 1.41 bits per heavy atom. The van der Waals surface area contributed by atoms with Crippen LogP contribution < -0.4 is 0 Å². The molecule has 0 N–H and O–H groups in total. The van der Waals surface area contributed by atoms with Gasteiger partial charge in [-0.3, -0.25) is 0 Å². The van der Waals surface area contributed by atoms with Gasteiger partial charge in [0.15, 0.2) is 0 Å². The van der Waals surface area contributed by atoms with Crippen LogP contribution in [-0.2, 0) is 24.1 Å². The number of rotatable bonds is 6. The lowest BCUT2D eigenvalue weighted by atomic mass is 10.1. The van der Waals surface area contributed by atoms with Crippen LogP contribution in [0.25, 0.3) is 0 Å². The molecule has 0 amide bonds. The summed E-state index contributed by atoms with van der Waals surface area (Å²) in [7, 11) is 0. The normalized spacial score (nSPS) is 9.55. The first-order valence-electron chi connectivity index (χ1n) is 7.22. The number of hydrogen-bond donors (Lipinski definition) is 0. The molecule has 0 heterocycles. The fraction of sp³-hybridized carbons (Fsp3) is 0.200. The summed E-state index contributed by atoms with van der Waals surface area (Å²) in [5.74, 6) is 0.592. The Morgan fingerprint density at radius 1 is 0.727 bits per heavy atom. The zero-order valence-corrected chi connectivity index (χ0v) is 15.1. The second kappa shape index (κ2) is 11.3. The van der Waals surface area contributed by atoms with Crippen LogP contribution in [0.4, 0.5) is 0 Å². The highest BCUT2D eigenvalue weighted by Gasteiger charge is 1.91. The zero-order valence-electron chi connectivity index (χ0n) is 12.8. The third-order valence-corrected chi connectivity index (χ3v) is 4.07. The van der Waals surface area contributed by atoms with Crippen LogP contribution in [-0.4, -0.2) is 0 Å². The third kappa shape index (κ3) is 7.11. The van der Waals surface area contributed by atoms with Crippen LogP contribution in [0.2, 0.25) is 0 Å². The van der Waals surface area contributed by atoms with E-state index in [4.69, 9.17) is 11.6 Å². The lowest BCUT2D eigenvalue weighted by Gasteiger charge is -1.97. The average Bonchev–Trinajstić information content (AvgIpc) is 2.57. The Morgan fingerprint density at radius 2 is 1.09 bits per heavy atom. The van der Waals surface area contributed by atoms with E-state index in [0.717, 1.165) is 18.2 Å². The monoisotopic (exact) mass is 376 g/mol. The first-order valence-corrected chi connectivity index (χ1v) is 8.88. The highest BCUT2D eigenvalue weighted by Crippen LogP contribution is 2.08. The molecule has 0 unspecified atom stereocenters. The molecule has 0 saturated carbocycles. The fourth-order valence-corrected chi connectivity index (χ4v) is 2.41. The maximum Gasteiger partial charge on any atom is 0.0474 e. The van der Waals surface area contributed by atoms with Gasteiger partial charge in [-0.1, -0.05) is 76.6 Å². The van der Waals surface area contributed by atoms with Gasteiger partial charge in [0, 0.05) is 11.2 Å². The van der Waals surface area contributed by atoms with Gasteiger partial charge in [0.2, 0.25) is 0 Å². The Bertz CT molecular complexity index is 502. The minimum absolute atomic E-state index is 0.592. The van der Waals surface area contributed by atoms with E-state index in [0.29, 0.717) is 5.88 Å². The lowest BCUT2D eigenvalue weighted by Crippen LogP contribution is -1.81. The van der Waals surface area contributed by atoms with Gasteiger partial charge in [-0.05, 0) is 35.1 Å². The van der Waals surface area contributed by atoms with E-state index in [-0.39, 0.29) is 0 Å². The molecule has 116 valence electrons. The van der Waals surface area contributed by atoms with Crippen molar-refractivity contribution in [2.75, 3.05) is 0 Å². The van der Waals surface area contributed by atoms with E-state index >= 15 is 0 Å². The van der Waals surface area contributed by atoms with Crippen molar-refractivity contribution >= 4 is 27.5 Å². The summed E-state index contributed by atoms with van der Waals surface area (Å²) in [6.07, 6.45) is 5.71. The summed E-state index contributed by atoms with van der Waals surface area (Å²) in [4.78, 5) is 0. The van der Waals surface area contributed by atoms with Crippen molar-refractivity contribution in [3.05, 3.63) is 96.1 Å². The van der Waals surface area contributed by atoms with Crippen molar-refractivity contribution in [2.24, 2.45) is 0 Å². The second-order valence-corrected chi connectivity index (χ2v) is 5.71. The van der Waals surface area contributed by atoms with Crippen molar-refractivity contribution in [1.29, 1.82) is 0 Å². The van der Waals surface area contributed by atoms with E-state index < -0.39 is 0 Å². The molecule has 0 aliphatic heterocycles. The molecule has 2 aromatic rings. The Kier molecular flexibility index (Phi) is 9.61. The first kappa shape index (κ1) is 18.7. The first-order chi connectivity index (χ1) is 10.7. The minimum Gasteiger partial charge on any atom is -0.122 e. The highest BCUT2D eigenvalue weighted by molar-refractivity contribution is 9.08. The summed E-state index contributed by atoms with van der Waals surface area (Å²) in [5.41, 5.74) is 5.09. The van der Waals surface area contributed by atoms with Crippen molar-refractivity contribution in [1.82, 2.24) is 0 Å². The standard InChI is InChI=1S/C10H11Br.C10H11Cl/c2*1-2-3-9-4-6-10(8-11)7-5-9/h2*2,4-7H,1,3,8H2. The van der Waals surface area contributed by atoms with E-state index in [1.54, 1.807) is 0 Å². The van der Waals surface area contributed by atoms with Crippen LogP contribution in [0, 0.1) is 0 Å². The quantitative estimate of drug-likeness (QED) is 0.400. The smallest absolute Gasteiger partial charge is 0.0474 e. The van der Waals surface area contributed by atoms with Crippen LogP contribution in [0.15, 0.2) is 73.8 Å². The molecule has 0 aliphatic carbocycles. The molecule has 22 heavy (non-hydrogen) atoms. The number of hydrogen-bond acceptors (Lipinski definition) is 0. The van der Waals surface area contributed by atoms with Gasteiger partial charge < -0.3 is 0 Å². The van der Waals surface area contributed by atoms with E-state index in [9.17, 15) is 0 Å². The van der Waals surface area contributed by atoms with Gasteiger partial charge in [0.25, 0.3) is 0 Å². The predicted octanol–water partition coefficient (Wildman–Crippen LogP) is 6.46. The van der Waals surface area contributed by atoms with Crippen molar-refractivity contribution < 1.29 is 0 Å². The molecule has 2 heteroatoms. The van der Waals surface area contributed by atoms with Gasteiger partial charge in [0.05, 0.1) is 0 Å². The number of halogens is 2. The van der Waals surface area contributed by atoms with Gasteiger partial charge in [-0.25, -0.2) is 0 Å². The fourth-order valence-electron chi connectivity index (χ4n) is 1.86. The number of benzene rings is 2. The molecular weight excluding hydrogens is 356 g/mol. The van der Waals surface area contributed by atoms with Crippen LogP contribution in [0.3, 0.4) is 0 Å². The zero-order chi connectivity index (χ0) is 16.2. The summed E-state index contributed by atoms with van der Waals surface area (Å²) in [6, 6.07) is 16.8. The van der Waals surface area contributed by atoms with Gasteiger partial charge >= 0.3 is 0 Å². The van der Waals surface area contributed by atoms with E-state index in [1.165, 1.54) is 22.3 Å². The Hall–Kier alpha value is -1.31. The highest BCUT2D eigenvalue weighted by atomic mass is 79.9. The Labute approximate surface area is 147 Å². The van der Waals surface area contributed by atoms with Crippen LogP contribution >= 0.6 is 27.5 Å². The molecular formula is C20H22BrCl. The van der Waals surface area contributed by atoms with Crippen molar-refractivity contribution in [3.63, 3.8) is 0 Å². The molecule has 0 atom stereocenters. The topological polar surface area (TPSA) is 0 Å². The molecule has 0 aliphatic rings. The summed E-state index contributed by atoms with van der Waals surface area (Å²) >= 11 is 9.04. The molecule has 2 rings (SSSR count). The lowest BCUT2D eigenvalue weighted by molar-refractivity contribution is 1.25. The molecule has 0 spiro atoms. The largest absolute Gasteiger partial charge is 0.122 e. The molecule has 0 aromatic heterocycles. The average molecular weight is 378 g/mol. The predicted molar refractivity (Wildman–Crippen MR) is 103 cm³/mol. The SMILES string of the molecule is C=CCc1ccc(CBr)cc1.C=CCc1ccc(CCl)cc1. The molecule has 0 fully saturated rings. The van der Waals surface area contributed by atoms with E-state index in [1.807, 2.05) is 24.3 Å². The Balaban J connectivity index is 0.000000220. The third-order valence-electron chi connectivity index (χ3n) is 3.11. The maximum absolute atomic E-state index is 5.64. The van der Waals surface area contributed by atoms with E-state index in [2.05, 4.69) is 65.5 Å².